The summed E-state index contributed by atoms with van der Waals surface area (Å²) < 4.78 is 0. The SMILES string of the molecule is CSc1ccc(C)c(CC2CCCN2)c1. The van der Waals surface area contributed by atoms with Crippen LogP contribution in [0, 0.1) is 6.92 Å². The van der Waals surface area contributed by atoms with E-state index in [1.165, 1.54) is 41.8 Å². The Morgan fingerprint density at radius 1 is 1.47 bits per heavy atom. The smallest absolute Gasteiger partial charge is 0.0108 e. The van der Waals surface area contributed by atoms with Gasteiger partial charge in [0.2, 0.25) is 0 Å². The summed E-state index contributed by atoms with van der Waals surface area (Å²) in [5.41, 5.74) is 2.95. The number of rotatable bonds is 3. The van der Waals surface area contributed by atoms with Crippen molar-refractivity contribution in [3.63, 3.8) is 0 Å². The molecule has 1 N–H and O–H groups in total. The van der Waals surface area contributed by atoms with E-state index in [1.54, 1.807) is 0 Å². The molecule has 1 heterocycles. The monoisotopic (exact) mass is 221 g/mol. The Bertz CT molecular complexity index is 329. The van der Waals surface area contributed by atoms with Crippen molar-refractivity contribution in [2.24, 2.45) is 0 Å². The van der Waals surface area contributed by atoms with Gasteiger partial charge in [-0.25, -0.2) is 0 Å². The molecule has 0 saturated carbocycles. The van der Waals surface area contributed by atoms with Crippen molar-refractivity contribution in [2.75, 3.05) is 12.8 Å². The number of nitrogens with one attached hydrogen (secondary N) is 1. The Hall–Kier alpha value is -0.470. The van der Waals surface area contributed by atoms with E-state index in [0.29, 0.717) is 6.04 Å². The molecule has 1 aliphatic heterocycles. The van der Waals surface area contributed by atoms with Gasteiger partial charge >= 0.3 is 0 Å². The van der Waals surface area contributed by atoms with E-state index in [4.69, 9.17) is 0 Å². The van der Waals surface area contributed by atoms with Crippen LogP contribution in [-0.2, 0) is 6.42 Å². The number of benzene rings is 1. The van der Waals surface area contributed by atoms with Gasteiger partial charge in [0.05, 0.1) is 0 Å². The van der Waals surface area contributed by atoms with E-state index in [-0.39, 0.29) is 0 Å². The molecule has 1 fully saturated rings. The van der Waals surface area contributed by atoms with Crippen LogP contribution in [0.1, 0.15) is 24.0 Å². The first kappa shape index (κ1) is 11.0. The quantitative estimate of drug-likeness (QED) is 0.787. The minimum Gasteiger partial charge on any atom is -0.314 e. The molecule has 82 valence electrons. The van der Waals surface area contributed by atoms with E-state index in [2.05, 4.69) is 36.7 Å². The molecule has 15 heavy (non-hydrogen) atoms. The zero-order valence-corrected chi connectivity index (χ0v) is 10.4. The second kappa shape index (κ2) is 5.04. The summed E-state index contributed by atoms with van der Waals surface area (Å²) in [7, 11) is 0. The van der Waals surface area contributed by atoms with Crippen LogP contribution in [-0.4, -0.2) is 18.8 Å². The summed E-state index contributed by atoms with van der Waals surface area (Å²) in [6, 6.07) is 7.52. The van der Waals surface area contributed by atoms with Gasteiger partial charge in [-0.3, -0.25) is 0 Å². The van der Waals surface area contributed by atoms with Gasteiger partial charge in [0.25, 0.3) is 0 Å². The van der Waals surface area contributed by atoms with Gasteiger partial charge in [0.15, 0.2) is 0 Å². The average molecular weight is 221 g/mol. The van der Waals surface area contributed by atoms with Crippen LogP contribution in [0.5, 0.6) is 0 Å². The molecule has 0 radical (unpaired) electrons. The second-order valence-electron chi connectivity index (χ2n) is 4.29. The molecule has 1 aromatic carbocycles. The van der Waals surface area contributed by atoms with E-state index in [1.807, 2.05) is 11.8 Å². The number of hydrogen-bond acceptors (Lipinski definition) is 2. The maximum atomic E-state index is 3.56. The number of aryl methyl sites for hydroxylation is 1. The predicted molar refractivity (Wildman–Crippen MR) is 67.7 cm³/mol. The maximum Gasteiger partial charge on any atom is 0.0108 e. The molecule has 1 aromatic rings. The summed E-state index contributed by atoms with van der Waals surface area (Å²) in [5.74, 6) is 0. The fourth-order valence-electron chi connectivity index (χ4n) is 2.19. The summed E-state index contributed by atoms with van der Waals surface area (Å²) in [4.78, 5) is 1.38. The van der Waals surface area contributed by atoms with Crippen LogP contribution in [0.25, 0.3) is 0 Å². The summed E-state index contributed by atoms with van der Waals surface area (Å²) in [6.07, 6.45) is 6.01. The minimum atomic E-state index is 0.709. The highest BCUT2D eigenvalue weighted by Crippen LogP contribution is 2.21. The fraction of sp³-hybridized carbons (Fsp3) is 0.538. The van der Waals surface area contributed by atoms with Crippen molar-refractivity contribution in [2.45, 2.75) is 37.1 Å². The normalized spacial score (nSPS) is 20.8. The Kier molecular flexibility index (Phi) is 3.71. The number of hydrogen-bond donors (Lipinski definition) is 1. The van der Waals surface area contributed by atoms with Crippen molar-refractivity contribution in [3.8, 4) is 0 Å². The van der Waals surface area contributed by atoms with Crippen LogP contribution in [0.2, 0.25) is 0 Å². The van der Waals surface area contributed by atoms with E-state index >= 15 is 0 Å². The van der Waals surface area contributed by atoms with Gasteiger partial charge in [0.1, 0.15) is 0 Å². The molecule has 2 rings (SSSR count). The molecular formula is C13H19NS. The van der Waals surface area contributed by atoms with Gasteiger partial charge in [-0.2, -0.15) is 0 Å². The highest BCUT2D eigenvalue weighted by Gasteiger charge is 2.15. The van der Waals surface area contributed by atoms with Crippen molar-refractivity contribution < 1.29 is 0 Å². The topological polar surface area (TPSA) is 12.0 Å². The van der Waals surface area contributed by atoms with Crippen LogP contribution >= 0.6 is 11.8 Å². The molecule has 1 nitrogen and oxygen atoms in total. The van der Waals surface area contributed by atoms with Crippen LogP contribution in [0.4, 0.5) is 0 Å². The lowest BCUT2D eigenvalue weighted by atomic mass is 10.0. The van der Waals surface area contributed by atoms with E-state index in [9.17, 15) is 0 Å². The van der Waals surface area contributed by atoms with Crippen LogP contribution in [0.15, 0.2) is 23.1 Å². The first-order valence-corrected chi connectivity index (χ1v) is 6.89. The zero-order valence-electron chi connectivity index (χ0n) is 9.55. The Balaban J connectivity index is 2.11. The van der Waals surface area contributed by atoms with E-state index < -0.39 is 0 Å². The van der Waals surface area contributed by atoms with Crippen LogP contribution < -0.4 is 5.32 Å². The van der Waals surface area contributed by atoms with Crippen molar-refractivity contribution in [1.82, 2.24) is 5.32 Å². The summed E-state index contributed by atoms with van der Waals surface area (Å²) in [6.45, 7) is 3.42. The third-order valence-corrected chi connectivity index (χ3v) is 3.91. The molecule has 0 aromatic heterocycles. The van der Waals surface area contributed by atoms with Gasteiger partial charge < -0.3 is 5.32 Å². The lowest BCUT2D eigenvalue weighted by Gasteiger charge is -2.13. The molecule has 1 aliphatic rings. The fourth-order valence-corrected chi connectivity index (χ4v) is 2.66. The average Bonchev–Trinajstić information content (AvgIpc) is 2.74. The molecule has 0 bridgehead atoms. The van der Waals surface area contributed by atoms with Gasteiger partial charge in [-0.15, -0.1) is 11.8 Å². The largest absolute Gasteiger partial charge is 0.314 e. The minimum absolute atomic E-state index is 0.709. The second-order valence-corrected chi connectivity index (χ2v) is 5.17. The Morgan fingerprint density at radius 3 is 3.00 bits per heavy atom. The van der Waals surface area contributed by atoms with E-state index in [0.717, 1.165) is 0 Å². The zero-order chi connectivity index (χ0) is 10.7. The third-order valence-electron chi connectivity index (χ3n) is 3.18. The standard InChI is InChI=1S/C13H19NS/c1-10-5-6-13(15-2)9-11(10)8-12-4-3-7-14-12/h5-6,9,12,14H,3-4,7-8H2,1-2H3. The van der Waals surface area contributed by atoms with Crippen molar-refractivity contribution in [3.05, 3.63) is 29.3 Å². The third kappa shape index (κ3) is 2.76. The Morgan fingerprint density at radius 2 is 2.33 bits per heavy atom. The lowest BCUT2D eigenvalue weighted by molar-refractivity contribution is 0.601. The number of thioether (sulfide) groups is 1. The van der Waals surface area contributed by atoms with Gasteiger partial charge in [-0.05, 0) is 62.2 Å². The molecule has 2 heteroatoms. The van der Waals surface area contributed by atoms with Crippen molar-refractivity contribution >= 4 is 11.8 Å². The summed E-state index contributed by atoms with van der Waals surface area (Å²) in [5, 5.41) is 3.56. The maximum absolute atomic E-state index is 3.56. The molecule has 1 unspecified atom stereocenters. The first-order chi connectivity index (χ1) is 7.29. The van der Waals surface area contributed by atoms with Crippen molar-refractivity contribution in [1.29, 1.82) is 0 Å². The highest BCUT2D eigenvalue weighted by atomic mass is 32.2. The first-order valence-electron chi connectivity index (χ1n) is 5.66. The van der Waals surface area contributed by atoms with Gasteiger partial charge in [0, 0.05) is 10.9 Å². The predicted octanol–water partition coefficient (Wildman–Crippen LogP) is 3.01. The highest BCUT2D eigenvalue weighted by molar-refractivity contribution is 7.98. The van der Waals surface area contributed by atoms with Gasteiger partial charge in [-0.1, -0.05) is 6.07 Å². The molecule has 1 atom stereocenters. The molecule has 0 spiro atoms. The molecule has 1 saturated heterocycles. The lowest BCUT2D eigenvalue weighted by Crippen LogP contribution is -2.23. The van der Waals surface area contributed by atoms with Crippen LogP contribution in [0.3, 0.4) is 0 Å². The molecule has 0 amide bonds. The Labute approximate surface area is 96.7 Å². The molecule has 0 aliphatic carbocycles. The molecular weight excluding hydrogens is 202 g/mol. The summed E-state index contributed by atoms with van der Waals surface area (Å²) >= 11 is 1.83.